The van der Waals surface area contributed by atoms with Crippen molar-refractivity contribution in [3.63, 3.8) is 0 Å². The van der Waals surface area contributed by atoms with Crippen molar-refractivity contribution in [3.8, 4) is 0 Å². The molecule has 0 aliphatic carbocycles. The van der Waals surface area contributed by atoms with E-state index in [9.17, 15) is 9.59 Å². The Labute approximate surface area is 155 Å². The Morgan fingerprint density at radius 1 is 1.12 bits per heavy atom. The molecular weight excluding hydrogens is 330 g/mol. The van der Waals surface area contributed by atoms with Crippen molar-refractivity contribution in [2.45, 2.75) is 31.8 Å². The number of carbonyl (C=O) groups is 2. The van der Waals surface area contributed by atoms with Gasteiger partial charge in [0.1, 0.15) is 0 Å². The predicted octanol–water partition coefficient (Wildman–Crippen LogP) is 1.52. The summed E-state index contributed by atoms with van der Waals surface area (Å²) in [5.74, 6) is 0.108. The highest BCUT2D eigenvalue weighted by molar-refractivity contribution is 5.94. The molecule has 2 fully saturated rings. The number of carbonyl (C=O) groups excluding carboxylic acids is 2. The lowest BCUT2D eigenvalue weighted by Crippen LogP contribution is -2.50. The molecule has 0 saturated carbocycles. The van der Waals surface area contributed by atoms with Gasteiger partial charge in [-0.1, -0.05) is 18.2 Å². The molecule has 3 rings (SSSR count). The van der Waals surface area contributed by atoms with Gasteiger partial charge in [-0.05, 0) is 31.4 Å². The Morgan fingerprint density at radius 3 is 2.58 bits per heavy atom. The van der Waals surface area contributed by atoms with Crippen LogP contribution in [-0.2, 0) is 9.53 Å². The van der Waals surface area contributed by atoms with Gasteiger partial charge in [0.2, 0.25) is 5.91 Å². The molecule has 2 saturated heterocycles. The highest BCUT2D eigenvalue weighted by atomic mass is 16.5. The summed E-state index contributed by atoms with van der Waals surface area (Å²) >= 11 is 0. The first-order chi connectivity index (χ1) is 12.7. The Balaban J connectivity index is 1.29. The molecule has 1 N–H and O–H groups in total. The van der Waals surface area contributed by atoms with Crippen molar-refractivity contribution >= 4 is 11.8 Å². The van der Waals surface area contributed by atoms with Gasteiger partial charge in [0.05, 0.1) is 6.10 Å². The normalized spacial score (nSPS) is 20.9. The minimum atomic E-state index is -0.0826. The monoisotopic (exact) mass is 359 g/mol. The van der Waals surface area contributed by atoms with Crippen LogP contribution in [0.25, 0.3) is 0 Å². The van der Waals surface area contributed by atoms with E-state index in [1.807, 2.05) is 23.1 Å². The molecule has 1 aromatic rings. The molecule has 6 heteroatoms. The standard InChI is InChI=1S/C20H29N3O3/c24-19(9-4-10-21-20(25)17-6-2-1-3-7-17)23-13-11-22(12-14-23)16-18-8-5-15-26-18/h1-3,6-7,18H,4-5,8-16H2,(H,21,25). The van der Waals surface area contributed by atoms with E-state index in [0.29, 0.717) is 31.1 Å². The number of nitrogens with one attached hydrogen (secondary N) is 1. The summed E-state index contributed by atoms with van der Waals surface area (Å²) < 4.78 is 5.69. The van der Waals surface area contributed by atoms with Gasteiger partial charge in [0, 0.05) is 57.9 Å². The lowest BCUT2D eigenvalue weighted by Gasteiger charge is -2.35. The number of nitrogens with zero attached hydrogens (tertiary/aromatic N) is 2. The average molecular weight is 359 g/mol. The predicted molar refractivity (Wildman–Crippen MR) is 100 cm³/mol. The number of rotatable bonds is 7. The summed E-state index contributed by atoms with van der Waals surface area (Å²) in [6, 6.07) is 9.15. The highest BCUT2D eigenvalue weighted by Crippen LogP contribution is 2.14. The van der Waals surface area contributed by atoms with Crippen LogP contribution in [0.4, 0.5) is 0 Å². The Bertz CT molecular complexity index is 579. The van der Waals surface area contributed by atoms with Crippen molar-refractivity contribution in [3.05, 3.63) is 35.9 Å². The Kier molecular flexibility index (Phi) is 7.03. The molecule has 2 heterocycles. The van der Waals surface area contributed by atoms with Gasteiger partial charge in [0.25, 0.3) is 5.91 Å². The lowest BCUT2D eigenvalue weighted by atomic mass is 10.2. The first kappa shape index (κ1) is 18.9. The first-order valence-corrected chi connectivity index (χ1v) is 9.67. The topological polar surface area (TPSA) is 61.9 Å². The van der Waals surface area contributed by atoms with E-state index in [-0.39, 0.29) is 11.8 Å². The van der Waals surface area contributed by atoms with E-state index >= 15 is 0 Å². The minimum Gasteiger partial charge on any atom is -0.377 e. The molecule has 1 atom stereocenters. The molecular formula is C20H29N3O3. The van der Waals surface area contributed by atoms with E-state index in [4.69, 9.17) is 4.74 Å². The maximum atomic E-state index is 12.3. The van der Waals surface area contributed by atoms with E-state index in [1.54, 1.807) is 12.1 Å². The molecule has 0 spiro atoms. The number of hydrogen-bond acceptors (Lipinski definition) is 4. The summed E-state index contributed by atoms with van der Waals surface area (Å²) in [4.78, 5) is 28.6. The number of amides is 2. The van der Waals surface area contributed by atoms with E-state index in [2.05, 4.69) is 10.2 Å². The second-order valence-electron chi connectivity index (χ2n) is 7.04. The van der Waals surface area contributed by atoms with E-state index < -0.39 is 0 Å². The number of ether oxygens (including phenoxy) is 1. The molecule has 142 valence electrons. The average Bonchev–Trinajstić information content (AvgIpc) is 3.19. The summed E-state index contributed by atoms with van der Waals surface area (Å²) in [5, 5.41) is 2.87. The largest absolute Gasteiger partial charge is 0.377 e. The van der Waals surface area contributed by atoms with Crippen LogP contribution >= 0.6 is 0 Å². The molecule has 2 amide bonds. The maximum absolute atomic E-state index is 12.3. The van der Waals surface area contributed by atoms with Crippen LogP contribution in [0.2, 0.25) is 0 Å². The van der Waals surface area contributed by atoms with Crippen molar-refractivity contribution in [1.29, 1.82) is 0 Å². The summed E-state index contributed by atoms with van der Waals surface area (Å²) in [6.45, 7) is 5.85. The summed E-state index contributed by atoms with van der Waals surface area (Å²) in [5.41, 5.74) is 0.654. The number of piperazine rings is 1. The molecule has 1 aromatic carbocycles. The van der Waals surface area contributed by atoms with Crippen LogP contribution in [0.3, 0.4) is 0 Å². The third-order valence-electron chi connectivity index (χ3n) is 5.10. The number of hydrogen-bond donors (Lipinski definition) is 1. The van der Waals surface area contributed by atoms with Crippen LogP contribution in [0.1, 0.15) is 36.0 Å². The smallest absolute Gasteiger partial charge is 0.251 e. The van der Waals surface area contributed by atoms with Gasteiger partial charge in [-0.3, -0.25) is 14.5 Å². The number of benzene rings is 1. The van der Waals surface area contributed by atoms with Crippen LogP contribution in [-0.4, -0.2) is 73.6 Å². The van der Waals surface area contributed by atoms with Crippen molar-refractivity contribution in [2.24, 2.45) is 0 Å². The maximum Gasteiger partial charge on any atom is 0.251 e. The zero-order valence-corrected chi connectivity index (χ0v) is 15.4. The van der Waals surface area contributed by atoms with Gasteiger partial charge in [-0.25, -0.2) is 0 Å². The Hall–Kier alpha value is -1.92. The van der Waals surface area contributed by atoms with Crippen molar-refractivity contribution in [1.82, 2.24) is 15.1 Å². The molecule has 1 unspecified atom stereocenters. The quantitative estimate of drug-likeness (QED) is 0.750. The van der Waals surface area contributed by atoms with E-state index in [1.165, 1.54) is 6.42 Å². The molecule has 0 aromatic heterocycles. The van der Waals surface area contributed by atoms with Gasteiger partial charge >= 0.3 is 0 Å². The van der Waals surface area contributed by atoms with Gasteiger partial charge < -0.3 is 15.0 Å². The van der Waals surface area contributed by atoms with Crippen molar-refractivity contribution in [2.75, 3.05) is 45.9 Å². The van der Waals surface area contributed by atoms with Crippen molar-refractivity contribution < 1.29 is 14.3 Å². The third-order valence-corrected chi connectivity index (χ3v) is 5.10. The first-order valence-electron chi connectivity index (χ1n) is 9.67. The Morgan fingerprint density at radius 2 is 1.88 bits per heavy atom. The van der Waals surface area contributed by atoms with Crippen LogP contribution in [0.15, 0.2) is 30.3 Å². The fraction of sp³-hybridized carbons (Fsp3) is 0.600. The van der Waals surface area contributed by atoms with Crippen LogP contribution in [0, 0.1) is 0 Å². The fourth-order valence-corrected chi connectivity index (χ4v) is 3.55. The summed E-state index contributed by atoms with van der Waals surface area (Å²) in [6.07, 6.45) is 3.87. The molecule has 2 aliphatic heterocycles. The zero-order chi connectivity index (χ0) is 18.2. The zero-order valence-electron chi connectivity index (χ0n) is 15.4. The highest BCUT2D eigenvalue weighted by Gasteiger charge is 2.24. The van der Waals surface area contributed by atoms with Gasteiger partial charge in [-0.15, -0.1) is 0 Å². The van der Waals surface area contributed by atoms with Crippen LogP contribution in [0.5, 0.6) is 0 Å². The van der Waals surface area contributed by atoms with Gasteiger partial charge in [-0.2, -0.15) is 0 Å². The van der Waals surface area contributed by atoms with E-state index in [0.717, 1.165) is 45.8 Å². The fourth-order valence-electron chi connectivity index (χ4n) is 3.55. The molecule has 26 heavy (non-hydrogen) atoms. The molecule has 6 nitrogen and oxygen atoms in total. The molecule has 0 radical (unpaired) electrons. The second kappa shape index (κ2) is 9.69. The van der Waals surface area contributed by atoms with Gasteiger partial charge in [0.15, 0.2) is 0 Å². The minimum absolute atomic E-state index is 0.0826. The third kappa shape index (κ3) is 5.54. The van der Waals surface area contributed by atoms with Crippen LogP contribution < -0.4 is 5.32 Å². The lowest BCUT2D eigenvalue weighted by molar-refractivity contribution is -0.133. The summed E-state index contributed by atoms with van der Waals surface area (Å²) in [7, 11) is 0. The molecule has 2 aliphatic rings. The molecule has 0 bridgehead atoms. The SMILES string of the molecule is O=C(NCCCC(=O)N1CCN(CC2CCCO2)CC1)c1ccccc1. The second-order valence-corrected chi connectivity index (χ2v) is 7.04.